The molecular formula is C17H20N2O2S. The van der Waals surface area contributed by atoms with E-state index in [2.05, 4.69) is 28.8 Å². The summed E-state index contributed by atoms with van der Waals surface area (Å²) in [5, 5.41) is 8.37. The van der Waals surface area contributed by atoms with E-state index < -0.39 is 6.10 Å². The van der Waals surface area contributed by atoms with E-state index >= 15 is 0 Å². The van der Waals surface area contributed by atoms with Gasteiger partial charge in [-0.2, -0.15) is 0 Å². The zero-order valence-corrected chi connectivity index (χ0v) is 13.1. The van der Waals surface area contributed by atoms with Gasteiger partial charge >= 0.3 is 0 Å². The van der Waals surface area contributed by atoms with Crippen LogP contribution in [0.2, 0.25) is 0 Å². The van der Waals surface area contributed by atoms with Crippen LogP contribution < -0.4 is 10.6 Å². The first-order chi connectivity index (χ1) is 10.8. The van der Waals surface area contributed by atoms with E-state index in [0.29, 0.717) is 13.2 Å². The molecule has 1 aromatic heterocycles. The number of rotatable bonds is 5. The Hall–Kier alpha value is -1.69. The zero-order valence-electron chi connectivity index (χ0n) is 12.3. The van der Waals surface area contributed by atoms with Crippen LogP contribution in [0.25, 0.3) is 0 Å². The van der Waals surface area contributed by atoms with Gasteiger partial charge < -0.3 is 15.4 Å². The molecule has 0 radical (unpaired) electrons. The lowest BCUT2D eigenvalue weighted by Crippen LogP contribution is -2.48. The highest BCUT2D eigenvalue weighted by molar-refractivity contribution is 7.10. The molecule has 2 aromatic rings. The maximum absolute atomic E-state index is 12.4. The number of carbonyl (C=O) groups is 1. The summed E-state index contributed by atoms with van der Waals surface area (Å²) in [6.45, 7) is 1.97. The minimum absolute atomic E-state index is 0.0135. The summed E-state index contributed by atoms with van der Waals surface area (Å²) in [4.78, 5) is 13.6. The monoisotopic (exact) mass is 316 g/mol. The molecule has 1 aromatic carbocycles. The standard InChI is InChI=1S/C17H20N2O2S/c20-17(15-12-18-8-9-21-15)19-14(16-7-4-10-22-16)11-13-5-2-1-3-6-13/h1-7,10,14-15,18H,8-9,11-12H2,(H,19,20). The Morgan fingerprint density at radius 1 is 1.32 bits per heavy atom. The van der Waals surface area contributed by atoms with Gasteiger partial charge in [0.1, 0.15) is 6.10 Å². The normalized spacial score (nSPS) is 19.5. The number of hydrogen-bond donors (Lipinski definition) is 2. The number of benzene rings is 1. The number of nitrogens with one attached hydrogen (secondary N) is 2. The first kappa shape index (κ1) is 15.2. The molecule has 0 spiro atoms. The molecule has 1 fully saturated rings. The van der Waals surface area contributed by atoms with Crippen LogP contribution in [-0.2, 0) is 16.0 Å². The molecule has 1 aliphatic heterocycles. The topological polar surface area (TPSA) is 50.4 Å². The van der Waals surface area contributed by atoms with Gasteiger partial charge in [0.2, 0.25) is 0 Å². The summed E-state index contributed by atoms with van der Waals surface area (Å²) < 4.78 is 5.54. The van der Waals surface area contributed by atoms with Crippen molar-refractivity contribution in [3.05, 3.63) is 58.3 Å². The number of amides is 1. The highest BCUT2D eigenvalue weighted by Gasteiger charge is 2.25. The molecule has 4 nitrogen and oxygen atoms in total. The van der Waals surface area contributed by atoms with Crippen molar-refractivity contribution in [3.8, 4) is 0 Å². The molecule has 22 heavy (non-hydrogen) atoms. The summed E-state index contributed by atoms with van der Waals surface area (Å²) >= 11 is 1.67. The van der Waals surface area contributed by atoms with Crippen molar-refractivity contribution < 1.29 is 9.53 Å². The maximum atomic E-state index is 12.4. The summed E-state index contributed by atoms with van der Waals surface area (Å²) in [7, 11) is 0. The molecular weight excluding hydrogens is 296 g/mol. The predicted octanol–water partition coefficient (Wildman–Crippen LogP) is 2.14. The molecule has 0 aliphatic carbocycles. The molecule has 2 atom stereocenters. The summed E-state index contributed by atoms with van der Waals surface area (Å²) in [6, 6.07) is 14.3. The fourth-order valence-corrected chi connectivity index (χ4v) is 3.34. The first-order valence-corrected chi connectivity index (χ1v) is 8.41. The number of thiophene rings is 1. The van der Waals surface area contributed by atoms with Crippen molar-refractivity contribution in [2.45, 2.75) is 18.6 Å². The Bertz CT molecular complexity index is 580. The smallest absolute Gasteiger partial charge is 0.250 e. The van der Waals surface area contributed by atoms with Gasteiger partial charge in [0, 0.05) is 18.0 Å². The minimum Gasteiger partial charge on any atom is -0.366 e. The Labute approximate surface area is 134 Å². The van der Waals surface area contributed by atoms with E-state index in [1.165, 1.54) is 10.4 Å². The van der Waals surface area contributed by atoms with E-state index in [4.69, 9.17) is 4.74 Å². The van der Waals surface area contributed by atoms with Crippen LogP contribution in [0, 0.1) is 0 Å². The lowest BCUT2D eigenvalue weighted by molar-refractivity contribution is -0.135. The highest BCUT2D eigenvalue weighted by Crippen LogP contribution is 2.23. The van der Waals surface area contributed by atoms with E-state index in [-0.39, 0.29) is 11.9 Å². The van der Waals surface area contributed by atoms with Gasteiger partial charge in [0.15, 0.2) is 0 Å². The van der Waals surface area contributed by atoms with Gasteiger partial charge in [-0.1, -0.05) is 36.4 Å². The molecule has 0 saturated carbocycles. The third kappa shape index (κ3) is 3.94. The molecule has 1 aliphatic rings. The van der Waals surface area contributed by atoms with Crippen molar-refractivity contribution >= 4 is 17.2 Å². The molecule has 0 bridgehead atoms. The molecule has 5 heteroatoms. The van der Waals surface area contributed by atoms with E-state index in [1.807, 2.05) is 29.6 Å². The number of hydrogen-bond acceptors (Lipinski definition) is 4. The zero-order chi connectivity index (χ0) is 15.2. The number of ether oxygens (including phenoxy) is 1. The lowest BCUT2D eigenvalue weighted by Gasteiger charge is -2.25. The van der Waals surface area contributed by atoms with Crippen LogP contribution in [0.3, 0.4) is 0 Å². The Morgan fingerprint density at radius 3 is 2.86 bits per heavy atom. The van der Waals surface area contributed by atoms with Gasteiger partial charge in [-0.15, -0.1) is 11.3 Å². The van der Waals surface area contributed by atoms with Crippen LogP contribution in [0.15, 0.2) is 47.8 Å². The van der Waals surface area contributed by atoms with Crippen molar-refractivity contribution in [3.63, 3.8) is 0 Å². The third-order valence-corrected chi connectivity index (χ3v) is 4.69. The van der Waals surface area contributed by atoms with Crippen molar-refractivity contribution in [2.75, 3.05) is 19.7 Å². The molecule has 1 amide bonds. The Balaban J connectivity index is 1.70. The second kappa shape index (κ2) is 7.54. The van der Waals surface area contributed by atoms with Crippen LogP contribution in [0.5, 0.6) is 0 Å². The fraction of sp³-hybridized carbons (Fsp3) is 0.353. The van der Waals surface area contributed by atoms with Gasteiger partial charge in [-0.3, -0.25) is 4.79 Å². The first-order valence-electron chi connectivity index (χ1n) is 7.53. The second-order valence-electron chi connectivity index (χ2n) is 5.33. The van der Waals surface area contributed by atoms with Crippen molar-refractivity contribution in [1.82, 2.24) is 10.6 Å². The van der Waals surface area contributed by atoms with Crippen LogP contribution in [0.1, 0.15) is 16.5 Å². The van der Waals surface area contributed by atoms with Gasteiger partial charge in [0.05, 0.1) is 12.6 Å². The van der Waals surface area contributed by atoms with Gasteiger partial charge in [0.25, 0.3) is 5.91 Å². The lowest BCUT2D eigenvalue weighted by atomic mass is 10.0. The SMILES string of the molecule is O=C(NC(Cc1ccccc1)c1cccs1)C1CNCCO1. The molecule has 116 valence electrons. The number of morpholine rings is 1. The van der Waals surface area contributed by atoms with Gasteiger partial charge in [-0.05, 0) is 23.4 Å². The predicted molar refractivity (Wildman–Crippen MR) is 88.0 cm³/mol. The number of carbonyl (C=O) groups excluding carboxylic acids is 1. The largest absolute Gasteiger partial charge is 0.366 e. The Morgan fingerprint density at radius 2 is 2.18 bits per heavy atom. The van der Waals surface area contributed by atoms with Crippen molar-refractivity contribution in [2.24, 2.45) is 0 Å². The highest BCUT2D eigenvalue weighted by atomic mass is 32.1. The fourth-order valence-electron chi connectivity index (χ4n) is 2.56. The van der Waals surface area contributed by atoms with Crippen LogP contribution in [0.4, 0.5) is 0 Å². The Kier molecular flexibility index (Phi) is 5.21. The molecule has 2 N–H and O–H groups in total. The summed E-state index contributed by atoms with van der Waals surface area (Å²) in [5.74, 6) is -0.0402. The summed E-state index contributed by atoms with van der Waals surface area (Å²) in [5.41, 5.74) is 1.21. The van der Waals surface area contributed by atoms with Crippen LogP contribution >= 0.6 is 11.3 Å². The average Bonchev–Trinajstić information content (AvgIpc) is 3.10. The average molecular weight is 316 g/mol. The van der Waals surface area contributed by atoms with E-state index in [9.17, 15) is 4.79 Å². The maximum Gasteiger partial charge on any atom is 0.250 e. The quantitative estimate of drug-likeness (QED) is 0.888. The molecule has 1 saturated heterocycles. The third-order valence-electron chi connectivity index (χ3n) is 3.71. The van der Waals surface area contributed by atoms with Crippen LogP contribution in [-0.4, -0.2) is 31.7 Å². The summed E-state index contributed by atoms with van der Waals surface area (Å²) in [6.07, 6.45) is 0.389. The molecule has 2 heterocycles. The minimum atomic E-state index is -0.396. The van der Waals surface area contributed by atoms with E-state index in [0.717, 1.165) is 13.0 Å². The molecule has 3 rings (SSSR count). The van der Waals surface area contributed by atoms with Gasteiger partial charge in [-0.25, -0.2) is 0 Å². The van der Waals surface area contributed by atoms with E-state index in [1.54, 1.807) is 11.3 Å². The molecule has 2 unspecified atom stereocenters. The van der Waals surface area contributed by atoms with Crippen molar-refractivity contribution in [1.29, 1.82) is 0 Å². The second-order valence-corrected chi connectivity index (χ2v) is 6.31.